The van der Waals surface area contributed by atoms with Crippen molar-refractivity contribution in [1.82, 2.24) is 15.1 Å². The number of carbonyl (C=O) groups excluding carboxylic acids is 1. The van der Waals surface area contributed by atoms with Crippen molar-refractivity contribution in [3.63, 3.8) is 0 Å². The number of hydrogen-bond donors (Lipinski definition) is 1. The van der Waals surface area contributed by atoms with Gasteiger partial charge in [0.15, 0.2) is 17.2 Å². The van der Waals surface area contributed by atoms with Crippen LogP contribution in [0.2, 0.25) is 0 Å². The van der Waals surface area contributed by atoms with E-state index >= 15 is 0 Å². The average Bonchev–Trinajstić information content (AvgIpc) is 3.38. The highest BCUT2D eigenvalue weighted by Crippen LogP contribution is 2.29. The molecular formula is C22H23N3O4. The monoisotopic (exact) mass is 393 g/mol. The first kappa shape index (κ1) is 18.9. The molecule has 7 nitrogen and oxygen atoms in total. The third-order valence-electron chi connectivity index (χ3n) is 4.84. The lowest BCUT2D eigenvalue weighted by Gasteiger charge is -2.20. The zero-order valence-corrected chi connectivity index (χ0v) is 16.4. The fraction of sp³-hybridized carbons (Fsp3) is 0.273. The van der Waals surface area contributed by atoms with Gasteiger partial charge in [0.05, 0.1) is 19.3 Å². The van der Waals surface area contributed by atoms with Crippen LogP contribution in [0.1, 0.15) is 21.7 Å². The maximum Gasteiger partial charge on any atom is 0.274 e. The van der Waals surface area contributed by atoms with E-state index in [0.29, 0.717) is 29.4 Å². The van der Waals surface area contributed by atoms with Gasteiger partial charge in [-0.3, -0.25) is 9.89 Å². The third-order valence-corrected chi connectivity index (χ3v) is 4.84. The van der Waals surface area contributed by atoms with E-state index in [1.54, 1.807) is 25.1 Å². The summed E-state index contributed by atoms with van der Waals surface area (Å²) in [4.78, 5) is 14.4. The van der Waals surface area contributed by atoms with Gasteiger partial charge in [-0.15, -0.1) is 0 Å². The van der Waals surface area contributed by atoms with Crippen LogP contribution in [-0.2, 0) is 13.0 Å². The summed E-state index contributed by atoms with van der Waals surface area (Å²) in [5.74, 6) is 2.02. The Labute approximate surface area is 169 Å². The van der Waals surface area contributed by atoms with Crippen LogP contribution in [0.25, 0.3) is 0 Å². The largest absolute Gasteiger partial charge is 0.493 e. The first-order valence-corrected chi connectivity index (χ1v) is 9.44. The molecule has 1 unspecified atom stereocenters. The number of fused-ring (bicyclic) bond motifs is 1. The zero-order chi connectivity index (χ0) is 20.2. The van der Waals surface area contributed by atoms with Crippen LogP contribution in [0.4, 0.5) is 0 Å². The van der Waals surface area contributed by atoms with Gasteiger partial charge >= 0.3 is 0 Å². The molecule has 0 aliphatic carbocycles. The van der Waals surface area contributed by atoms with Crippen LogP contribution in [0, 0.1) is 0 Å². The number of nitrogens with zero attached hydrogens (tertiary/aromatic N) is 2. The number of likely N-dealkylation sites (N-methyl/N-ethyl adjacent to an activating group) is 1. The normalized spacial score (nSPS) is 14.8. The smallest absolute Gasteiger partial charge is 0.274 e. The SMILES string of the molecule is COc1ccccc1OCc1cc(C(=O)N(C)CC2Cc3ccccc3O2)n[nH]1. The quantitative estimate of drug-likeness (QED) is 0.668. The second kappa shape index (κ2) is 8.26. The van der Waals surface area contributed by atoms with E-state index in [9.17, 15) is 4.79 Å². The number of aromatic nitrogens is 2. The molecule has 0 bridgehead atoms. The fourth-order valence-corrected chi connectivity index (χ4v) is 3.38. The number of nitrogens with one attached hydrogen (secondary N) is 1. The maximum atomic E-state index is 12.7. The molecule has 1 aromatic heterocycles. The zero-order valence-electron chi connectivity index (χ0n) is 16.4. The van der Waals surface area contributed by atoms with Gasteiger partial charge in [0.1, 0.15) is 18.5 Å². The standard InChI is InChI=1S/C22H23N3O4/c1-25(13-17-11-15-7-3-4-8-19(15)29-17)22(26)18-12-16(23-24-18)14-28-21-10-6-5-9-20(21)27-2/h3-10,12,17H,11,13-14H2,1-2H3,(H,23,24). The number of hydrogen-bond acceptors (Lipinski definition) is 5. The lowest BCUT2D eigenvalue weighted by Crippen LogP contribution is -2.36. The van der Waals surface area contributed by atoms with Crippen molar-refractivity contribution in [3.8, 4) is 17.2 Å². The van der Waals surface area contributed by atoms with Crippen molar-refractivity contribution in [2.24, 2.45) is 0 Å². The molecule has 0 radical (unpaired) electrons. The highest BCUT2D eigenvalue weighted by atomic mass is 16.5. The van der Waals surface area contributed by atoms with Crippen molar-refractivity contribution in [2.45, 2.75) is 19.1 Å². The van der Waals surface area contributed by atoms with E-state index in [-0.39, 0.29) is 18.6 Å². The van der Waals surface area contributed by atoms with E-state index in [1.807, 2.05) is 42.5 Å². The first-order valence-electron chi connectivity index (χ1n) is 9.44. The average molecular weight is 393 g/mol. The van der Waals surface area contributed by atoms with Gasteiger partial charge in [-0.1, -0.05) is 30.3 Å². The molecule has 2 heterocycles. The number of rotatable bonds is 7. The van der Waals surface area contributed by atoms with Crippen LogP contribution in [0.5, 0.6) is 17.2 Å². The summed E-state index contributed by atoms with van der Waals surface area (Å²) in [6, 6.07) is 17.1. The molecule has 4 rings (SSSR count). The first-order chi connectivity index (χ1) is 14.1. The van der Waals surface area contributed by atoms with Crippen molar-refractivity contribution < 1.29 is 19.0 Å². The molecule has 150 valence electrons. The van der Waals surface area contributed by atoms with Crippen molar-refractivity contribution in [1.29, 1.82) is 0 Å². The fourth-order valence-electron chi connectivity index (χ4n) is 3.38. The van der Waals surface area contributed by atoms with E-state index in [1.165, 1.54) is 5.56 Å². The predicted molar refractivity (Wildman–Crippen MR) is 107 cm³/mol. The second-order valence-corrected chi connectivity index (χ2v) is 6.96. The van der Waals surface area contributed by atoms with E-state index < -0.39 is 0 Å². The minimum Gasteiger partial charge on any atom is -0.493 e. The molecule has 29 heavy (non-hydrogen) atoms. The van der Waals surface area contributed by atoms with Crippen LogP contribution < -0.4 is 14.2 Å². The minimum absolute atomic E-state index is 0.0476. The lowest BCUT2D eigenvalue weighted by atomic mass is 10.1. The van der Waals surface area contributed by atoms with Crippen molar-refractivity contribution in [2.75, 3.05) is 20.7 Å². The summed E-state index contributed by atoms with van der Waals surface area (Å²) in [5.41, 5.74) is 2.23. The maximum absolute atomic E-state index is 12.7. The second-order valence-electron chi connectivity index (χ2n) is 6.96. The molecule has 1 aliphatic heterocycles. The molecule has 1 aliphatic rings. The van der Waals surface area contributed by atoms with Gasteiger partial charge in [-0.2, -0.15) is 5.10 Å². The molecule has 1 amide bonds. The van der Waals surface area contributed by atoms with Crippen LogP contribution >= 0.6 is 0 Å². The Hall–Kier alpha value is -3.48. The van der Waals surface area contributed by atoms with Gasteiger partial charge in [-0.05, 0) is 29.8 Å². The van der Waals surface area contributed by atoms with E-state index in [2.05, 4.69) is 16.3 Å². The number of amides is 1. The number of aromatic amines is 1. The number of ether oxygens (including phenoxy) is 3. The summed E-state index contributed by atoms with van der Waals surface area (Å²) in [7, 11) is 3.35. The van der Waals surface area contributed by atoms with Crippen LogP contribution in [-0.4, -0.2) is 47.8 Å². The topological polar surface area (TPSA) is 76.7 Å². The molecule has 0 spiro atoms. The lowest BCUT2D eigenvalue weighted by molar-refractivity contribution is 0.0724. The van der Waals surface area contributed by atoms with Crippen molar-refractivity contribution >= 4 is 5.91 Å². The Morgan fingerprint density at radius 2 is 1.97 bits per heavy atom. The summed E-state index contributed by atoms with van der Waals surface area (Å²) in [5, 5.41) is 7.00. The number of H-pyrrole nitrogens is 1. The Balaban J connectivity index is 1.33. The van der Waals surface area contributed by atoms with Gasteiger partial charge < -0.3 is 19.1 Å². The Morgan fingerprint density at radius 3 is 2.76 bits per heavy atom. The molecule has 3 aromatic rings. The number of benzene rings is 2. The molecule has 2 aromatic carbocycles. The van der Waals surface area contributed by atoms with Crippen LogP contribution in [0.15, 0.2) is 54.6 Å². The van der Waals surface area contributed by atoms with Gasteiger partial charge in [0.25, 0.3) is 5.91 Å². The van der Waals surface area contributed by atoms with E-state index in [4.69, 9.17) is 14.2 Å². The van der Waals surface area contributed by atoms with E-state index in [0.717, 1.165) is 12.2 Å². The van der Waals surface area contributed by atoms with Crippen LogP contribution in [0.3, 0.4) is 0 Å². The third kappa shape index (κ3) is 4.18. The van der Waals surface area contributed by atoms with Crippen molar-refractivity contribution in [3.05, 3.63) is 71.5 Å². The number of methoxy groups -OCH3 is 1. The summed E-state index contributed by atoms with van der Waals surface area (Å²) >= 11 is 0. The molecule has 0 saturated carbocycles. The highest BCUT2D eigenvalue weighted by molar-refractivity contribution is 5.92. The summed E-state index contributed by atoms with van der Waals surface area (Å²) in [6.07, 6.45) is 0.750. The molecule has 0 fully saturated rings. The molecular weight excluding hydrogens is 370 g/mol. The summed E-state index contributed by atoms with van der Waals surface area (Å²) < 4.78 is 17.0. The number of para-hydroxylation sites is 3. The minimum atomic E-state index is -0.163. The Morgan fingerprint density at radius 1 is 1.21 bits per heavy atom. The van der Waals surface area contributed by atoms with Gasteiger partial charge in [0, 0.05) is 13.5 Å². The highest BCUT2D eigenvalue weighted by Gasteiger charge is 2.26. The number of carbonyl (C=O) groups is 1. The Kier molecular flexibility index (Phi) is 5.37. The molecule has 7 heteroatoms. The molecule has 1 N–H and O–H groups in total. The van der Waals surface area contributed by atoms with Gasteiger partial charge in [-0.25, -0.2) is 0 Å². The predicted octanol–water partition coefficient (Wildman–Crippen LogP) is 3.07. The Bertz CT molecular complexity index is 976. The summed E-state index contributed by atoms with van der Waals surface area (Å²) in [6.45, 7) is 0.749. The molecule has 1 atom stereocenters. The van der Waals surface area contributed by atoms with Gasteiger partial charge in [0.2, 0.25) is 0 Å². The molecule has 0 saturated heterocycles.